The molecule has 1 saturated carbocycles. The zero-order valence-corrected chi connectivity index (χ0v) is 12.3. The van der Waals surface area contributed by atoms with E-state index in [0.717, 1.165) is 24.4 Å². The van der Waals surface area contributed by atoms with Gasteiger partial charge in [0, 0.05) is 12.6 Å². The average molecular weight is 240 g/mol. The summed E-state index contributed by atoms with van der Waals surface area (Å²) in [5, 5.41) is 3.70. The first-order chi connectivity index (χ1) is 8.21. The number of nitrogens with one attached hydrogen (secondary N) is 1. The SMILES string of the molecule is CCCN(C)CC1CC(CC)CCC1NCC. The van der Waals surface area contributed by atoms with Crippen LogP contribution < -0.4 is 5.32 Å². The van der Waals surface area contributed by atoms with Crippen molar-refractivity contribution in [2.24, 2.45) is 11.8 Å². The van der Waals surface area contributed by atoms with Gasteiger partial charge >= 0.3 is 0 Å². The molecule has 0 aromatic carbocycles. The topological polar surface area (TPSA) is 15.3 Å². The highest BCUT2D eigenvalue weighted by atomic mass is 15.1. The fourth-order valence-corrected chi connectivity index (χ4v) is 3.34. The second-order valence-electron chi connectivity index (χ2n) is 5.77. The highest BCUT2D eigenvalue weighted by Crippen LogP contribution is 2.31. The maximum Gasteiger partial charge on any atom is 0.0108 e. The van der Waals surface area contributed by atoms with E-state index in [2.05, 4.69) is 38.0 Å². The van der Waals surface area contributed by atoms with Crippen LogP contribution in [0.2, 0.25) is 0 Å². The summed E-state index contributed by atoms with van der Waals surface area (Å²) in [7, 11) is 2.28. The number of hydrogen-bond acceptors (Lipinski definition) is 2. The number of hydrogen-bond donors (Lipinski definition) is 1. The third-order valence-electron chi connectivity index (χ3n) is 4.29. The van der Waals surface area contributed by atoms with Gasteiger partial charge in [-0.05, 0) is 57.7 Å². The van der Waals surface area contributed by atoms with E-state index in [1.807, 2.05) is 0 Å². The van der Waals surface area contributed by atoms with Gasteiger partial charge in [-0.2, -0.15) is 0 Å². The van der Waals surface area contributed by atoms with E-state index >= 15 is 0 Å². The van der Waals surface area contributed by atoms with Crippen molar-refractivity contribution in [3.8, 4) is 0 Å². The van der Waals surface area contributed by atoms with E-state index < -0.39 is 0 Å². The minimum Gasteiger partial charge on any atom is -0.314 e. The van der Waals surface area contributed by atoms with E-state index in [0.29, 0.717) is 0 Å². The maximum atomic E-state index is 3.70. The molecule has 1 rings (SSSR count). The number of rotatable bonds is 7. The van der Waals surface area contributed by atoms with Crippen LogP contribution in [0.4, 0.5) is 0 Å². The smallest absolute Gasteiger partial charge is 0.0108 e. The lowest BCUT2D eigenvalue weighted by Gasteiger charge is -2.38. The summed E-state index contributed by atoms with van der Waals surface area (Å²) in [5.41, 5.74) is 0. The molecule has 0 amide bonds. The fourth-order valence-electron chi connectivity index (χ4n) is 3.34. The zero-order valence-electron chi connectivity index (χ0n) is 12.3. The molecule has 1 aliphatic rings. The minimum absolute atomic E-state index is 0.766. The minimum atomic E-state index is 0.766. The lowest BCUT2D eigenvalue weighted by Crippen LogP contribution is -2.45. The molecule has 0 bridgehead atoms. The molecule has 3 unspecified atom stereocenters. The Bertz CT molecular complexity index is 193. The summed E-state index contributed by atoms with van der Waals surface area (Å²) in [6.07, 6.45) is 6.89. The molecule has 0 radical (unpaired) electrons. The zero-order chi connectivity index (χ0) is 12.7. The molecule has 0 saturated heterocycles. The van der Waals surface area contributed by atoms with Crippen LogP contribution in [0.25, 0.3) is 0 Å². The van der Waals surface area contributed by atoms with Crippen LogP contribution in [-0.4, -0.2) is 37.6 Å². The van der Waals surface area contributed by atoms with E-state index in [1.54, 1.807) is 0 Å². The summed E-state index contributed by atoms with van der Waals surface area (Å²) >= 11 is 0. The Hall–Kier alpha value is -0.0800. The van der Waals surface area contributed by atoms with Crippen LogP contribution >= 0.6 is 0 Å². The van der Waals surface area contributed by atoms with Gasteiger partial charge in [0.05, 0.1) is 0 Å². The largest absolute Gasteiger partial charge is 0.314 e. The molecule has 0 aromatic heterocycles. The van der Waals surface area contributed by atoms with Gasteiger partial charge < -0.3 is 10.2 Å². The summed E-state index contributed by atoms with van der Waals surface area (Å²) in [4.78, 5) is 2.52. The second-order valence-corrected chi connectivity index (χ2v) is 5.77. The van der Waals surface area contributed by atoms with E-state index in [9.17, 15) is 0 Å². The van der Waals surface area contributed by atoms with E-state index in [1.165, 1.54) is 45.2 Å². The lowest BCUT2D eigenvalue weighted by molar-refractivity contribution is 0.153. The van der Waals surface area contributed by atoms with Crippen LogP contribution in [0.1, 0.15) is 52.9 Å². The summed E-state index contributed by atoms with van der Waals surface area (Å²) in [5.74, 6) is 1.84. The van der Waals surface area contributed by atoms with Crippen LogP contribution in [-0.2, 0) is 0 Å². The standard InChI is InChI=1S/C15H32N2/c1-5-10-17(4)12-14-11-13(6-2)8-9-15(14)16-7-3/h13-16H,5-12H2,1-4H3. The Morgan fingerprint density at radius 1 is 1.18 bits per heavy atom. The third-order valence-corrected chi connectivity index (χ3v) is 4.29. The van der Waals surface area contributed by atoms with Crippen molar-refractivity contribution in [3.05, 3.63) is 0 Å². The van der Waals surface area contributed by atoms with Crippen LogP contribution in [0.15, 0.2) is 0 Å². The van der Waals surface area contributed by atoms with Gasteiger partial charge in [-0.1, -0.05) is 27.2 Å². The van der Waals surface area contributed by atoms with Gasteiger partial charge in [0.1, 0.15) is 0 Å². The molecule has 17 heavy (non-hydrogen) atoms. The predicted octanol–water partition coefficient (Wildman–Crippen LogP) is 3.13. The normalized spacial score (nSPS) is 29.8. The molecule has 0 spiro atoms. The molecule has 2 heteroatoms. The quantitative estimate of drug-likeness (QED) is 0.735. The Morgan fingerprint density at radius 3 is 2.53 bits per heavy atom. The van der Waals surface area contributed by atoms with Crippen molar-refractivity contribution in [3.63, 3.8) is 0 Å². The van der Waals surface area contributed by atoms with E-state index in [4.69, 9.17) is 0 Å². The van der Waals surface area contributed by atoms with Crippen LogP contribution in [0, 0.1) is 11.8 Å². The maximum absolute atomic E-state index is 3.70. The van der Waals surface area contributed by atoms with Gasteiger partial charge in [0.15, 0.2) is 0 Å². The molecule has 1 aliphatic carbocycles. The van der Waals surface area contributed by atoms with Crippen molar-refractivity contribution in [1.82, 2.24) is 10.2 Å². The second kappa shape index (κ2) is 8.10. The van der Waals surface area contributed by atoms with Crippen LogP contribution in [0.5, 0.6) is 0 Å². The third kappa shape index (κ3) is 4.97. The first-order valence-corrected chi connectivity index (χ1v) is 7.63. The van der Waals surface area contributed by atoms with Crippen molar-refractivity contribution < 1.29 is 0 Å². The monoisotopic (exact) mass is 240 g/mol. The van der Waals surface area contributed by atoms with Crippen molar-refractivity contribution in [2.45, 2.75) is 58.9 Å². The molecule has 102 valence electrons. The number of nitrogens with zero attached hydrogens (tertiary/aromatic N) is 1. The molecule has 2 nitrogen and oxygen atoms in total. The molecule has 3 atom stereocenters. The summed E-state index contributed by atoms with van der Waals surface area (Å²) in [6, 6.07) is 0.766. The molecule has 0 aromatic rings. The Labute approximate surface area is 108 Å². The molecule has 0 heterocycles. The first kappa shape index (κ1) is 15.0. The van der Waals surface area contributed by atoms with Gasteiger partial charge in [0.2, 0.25) is 0 Å². The average Bonchev–Trinajstić information content (AvgIpc) is 2.32. The van der Waals surface area contributed by atoms with Crippen molar-refractivity contribution >= 4 is 0 Å². The summed E-state index contributed by atoms with van der Waals surface area (Å²) < 4.78 is 0. The van der Waals surface area contributed by atoms with Gasteiger partial charge in [0.25, 0.3) is 0 Å². The van der Waals surface area contributed by atoms with Crippen molar-refractivity contribution in [1.29, 1.82) is 0 Å². The molecule has 1 fully saturated rings. The molecule has 1 N–H and O–H groups in total. The lowest BCUT2D eigenvalue weighted by atomic mass is 9.76. The van der Waals surface area contributed by atoms with Gasteiger partial charge in [-0.25, -0.2) is 0 Å². The Balaban J connectivity index is 2.47. The van der Waals surface area contributed by atoms with E-state index in [-0.39, 0.29) is 0 Å². The molecule has 0 aliphatic heterocycles. The fraction of sp³-hybridized carbons (Fsp3) is 1.00. The first-order valence-electron chi connectivity index (χ1n) is 7.63. The molecular formula is C15H32N2. The Kier molecular flexibility index (Phi) is 7.14. The predicted molar refractivity (Wildman–Crippen MR) is 76.4 cm³/mol. The highest BCUT2D eigenvalue weighted by molar-refractivity contribution is 4.85. The van der Waals surface area contributed by atoms with Crippen molar-refractivity contribution in [2.75, 3.05) is 26.7 Å². The van der Waals surface area contributed by atoms with Crippen LogP contribution in [0.3, 0.4) is 0 Å². The Morgan fingerprint density at radius 2 is 1.94 bits per heavy atom. The van der Waals surface area contributed by atoms with Gasteiger partial charge in [-0.3, -0.25) is 0 Å². The molecular weight excluding hydrogens is 208 g/mol. The highest BCUT2D eigenvalue weighted by Gasteiger charge is 2.29. The summed E-state index contributed by atoms with van der Waals surface area (Å²) in [6.45, 7) is 10.5. The van der Waals surface area contributed by atoms with Gasteiger partial charge in [-0.15, -0.1) is 0 Å².